The molecule has 35 heavy (non-hydrogen) atoms. The van der Waals surface area contributed by atoms with Gasteiger partial charge in [-0.2, -0.15) is 0 Å². The summed E-state index contributed by atoms with van der Waals surface area (Å²) in [6.07, 6.45) is 8.69. The van der Waals surface area contributed by atoms with Gasteiger partial charge in [0, 0.05) is 43.5 Å². The molecular formula is C27H32N6O2. The fraction of sp³-hybridized carbons (Fsp3) is 0.444. The van der Waals surface area contributed by atoms with Crippen LogP contribution in [-0.4, -0.2) is 56.8 Å². The summed E-state index contributed by atoms with van der Waals surface area (Å²) in [7, 11) is 1.81. The van der Waals surface area contributed by atoms with E-state index in [9.17, 15) is 4.79 Å². The van der Waals surface area contributed by atoms with Crippen molar-refractivity contribution in [3.63, 3.8) is 0 Å². The normalized spacial score (nSPS) is 18.2. The van der Waals surface area contributed by atoms with Crippen molar-refractivity contribution in [3.8, 4) is 17.0 Å². The average Bonchev–Trinajstić information content (AvgIpc) is 3.05. The number of anilines is 1. The third-order valence-corrected chi connectivity index (χ3v) is 7.46. The SMILES string of the molecule is C[C@@H]1CNc2c(-c3ccc(OCCCN4CCCCC4)nc3)ccc3ncc4c(c23)n1c(=O)n4C. The maximum atomic E-state index is 13.0. The van der Waals surface area contributed by atoms with Crippen LogP contribution in [0.3, 0.4) is 0 Å². The van der Waals surface area contributed by atoms with Crippen LogP contribution in [0.4, 0.5) is 5.69 Å². The molecule has 8 nitrogen and oxygen atoms in total. The highest BCUT2D eigenvalue weighted by Gasteiger charge is 2.25. The monoisotopic (exact) mass is 472 g/mol. The zero-order valence-corrected chi connectivity index (χ0v) is 20.5. The summed E-state index contributed by atoms with van der Waals surface area (Å²) < 4.78 is 9.52. The second kappa shape index (κ2) is 9.00. The summed E-state index contributed by atoms with van der Waals surface area (Å²) >= 11 is 0. The smallest absolute Gasteiger partial charge is 0.329 e. The highest BCUT2D eigenvalue weighted by molar-refractivity contribution is 6.13. The van der Waals surface area contributed by atoms with E-state index >= 15 is 0 Å². The van der Waals surface area contributed by atoms with E-state index in [1.54, 1.807) is 10.8 Å². The number of hydrogen-bond donors (Lipinski definition) is 1. The van der Waals surface area contributed by atoms with Gasteiger partial charge in [0.15, 0.2) is 0 Å². The van der Waals surface area contributed by atoms with Crippen LogP contribution < -0.4 is 15.7 Å². The molecule has 0 aliphatic carbocycles. The molecule has 1 N–H and O–H groups in total. The Morgan fingerprint density at radius 3 is 2.74 bits per heavy atom. The number of nitrogens with one attached hydrogen (secondary N) is 1. The van der Waals surface area contributed by atoms with E-state index in [4.69, 9.17) is 4.74 Å². The minimum Gasteiger partial charge on any atom is -0.478 e. The minimum atomic E-state index is -0.00897. The van der Waals surface area contributed by atoms with Crippen molar-refractivity contribution < 1.29 is 4.74 Å². The van der Waals surface area contributed by atoms with Crippen LogP contribution >= 0.6 is 0 Å². The molecule has 5 heterocycles. The highest BCUT2D eigenvalue weighted by Crippen LogP contribution is 2.40. The Bertz CT molecular complexity index is 1430. The van der Waals surface area contributed by atoms with Gasteiger partial charge in [-0.3, -0.25) is 14.1 Å². The molecule has 4 aromatic rings. The molecular weight excluding hydrogens is 440 g/mol. The van der Waals surface area contributed by atoms with Crippen LogP contribution in [0.25, 0.3) is 33.1 Å². The number of nitrogens with zero attached hydrogens (tertiary/aromatic N) is 5. The summed E-state index contributed by atoms with van der Waals surface area (Å²) in [6.45, 7) is 6.94. The number of aryl methyl sites for hydroxylation is 1. The van der Waals surface area contributed by atoms with Gasteiger partial charge in [0.25, 0.3) is 0 Å². The van der Waals surface area contributed by atoms with Gasteiger partial charge in [-0.25, -0.2) is 9.78 Å². The molecule has 182 valence electrons. The van der Waals surface area contributed by atoms with Crippen LogP contribution in [0, 0.1) is 0 Å². The Labute approximate surface area is 204 Å². The highest BCUT2D eigenvalue weighted by atomic mass is 16.5. The average molecular weight is 473 g/mol. The number of hydrogen-bond acceptors (Lipinski definition) is 6. The second-order valence-corrected chi connectivity index (χ2v) is 9.81. The Kier molecular flexibility index (Phi) is 5.68. The van der Waals surface area contributed by atoms with E-state index in [1.807, 2.05) is 29.9 Å². The van der Waals surface area contributed by atoms with E-state index in [2.05, 4.69) is 39.2 Å². The molecule has 6 rings (SSSR count). The van der Waals surface area contributed by atoms with Gasteiger partial charge >= 0.3 is 5.69 Å². The topological polar surface area (TPSA) is 77.2 Å². The molecule has 0 saturated carbocycles. The van der Waals surface area contributed by atoms with E-state index < -0.39 is 0 Å². The largest absolute Gasteiger partial charge is 0.478 e. The Morgan fingerprint density at radius 1 is 1.09 bits per heavy atom. The number of likely N-dealkylation sites (tertiary alicyclic amines) is 1. The van der Waals surface area contributed by atoms with Gasteiger partial charge in [0.1, 0.15) is 0 Å². The number of aromatic nitrogens is 4. The van der Waals surface area contributed by atoms with Crippen molar-refractivity contribution in [1.82, 2.24) is 24.0 Å². The molecule has 0 radical (unpaired) electrons. The molecule has 0 unspecified atom stereocenters. The number of imidazole rings is 1. The molecule has 0 bridgehead atoms. The zero-order chi connectivity index (χ0) is 23.9. The van der Waals surface area contributed by atoms with E-state index in [1.165, 1.54) is 32.4 Å². The molecule has 1 fully saturated rings. The fourth-order valence-corrected chi connectivity index (χ4v) is 5.56. The quantitative estimate of drug-likeness (QED) is 0.424. The van der Waals surface area contributed by atoms with Gasteiger partial charge in [-0.15, -0.1) is 0 Å². The Balaban J connectivity index is 1.28. The molecule has 1 aromatic carbocycles. The van der Waals surface area contributed by atoms with Crippen molar-refractivity contribution in [3.05, 3.63) is 47.1 Å². The third-order valence-electron chi connectivity index (χ3n) is 7.46. The van der Waals surface area contributed by atoms with Crippen molar-refractivity contribution in [2.24, 2.45) is 7.05 Å². The number of benzene rings is 1. The first-order valence-electron chi connectivity index (χ1n) is 12.7. The molecule has 2 aliphatic rings. The number of pyridine rings is 2. The second-order valence-electron chi connectivity index (χ2n) is 9.81. The summed E-state index contributed by atoms with van der Waals surface area (Å²) in [5.74, 6) is 0.654. The maximum Gasteiger partial charge on any atom is 0.329 e. The number of rotatable bonds is 6. The molecule has 1 atom stereocenters. The van der Waals surface area contributed by atoms with Crippen LogP contribution in [-0.2, 0) is 7.05 Å². The van der Waals surface area contributed by atoms with Crippen LogP contribution in [0.15, 0.2) is 41.5 Å². The fourth-order valence-electron chi connectivity index (χ4n) is 5.56. The van der Waals surface area contributed by atoms with Gasteiger partial charge < -0.3 is 15.0 Å². The van der Waals surface area contributed by atoms with E-state index in [0.29, 0.717) is 19.0 Å². The third kappa shape index (κ3) is 3.86. The van der Waals surface area contributed by atoms with Crippen molar-refractivity contribution in [1.29, 1.82) is 0 Å². The lowest BCUT2D eigenvalue weighted by Gasteiger charge is -2.26. The lowest BCUT2D eigenvalue weighted by atomic mass is 10.0. The zero-order valence-electron chi connectivity index (χ0n) is 20.5. The van der Waals surface area contributed by atoms with Gasteiger partial charge in [0.05, 0.1) is 46.5 Å². The number of piperidine rings is 1. The predicted octanol–water partition coefficient (Wildman–Crippen LogP) is 4.19. The lowest BCUT2D eigenvalue weighted by Crippen LogP contribution is -2.31. The first-order chi connectivity index (χ1) is 17.1. The first-order valence-corrected chi connectivity index (χ1v) is 12.7. The molecule has 8 heteroatoms. The van der Waals surface area contributed by atoms with Gasteiger partial charge in [0.2, 0.25) is 5.88 Å². The van der Waals surface area contributed by atoms with Gasteiger partial charge in [-0.1, -0.05) is 12.5 Å². The minimum absolute atomic E-state index is 0.00897. The van der Waals surface area contributed by atoms with Crippen LogP contribution in [0.5, 0.6) is 5.88 Å². The van der Waals surface area contributed by atoms with Crippen LogP contribution in [0.2, 0.25) is 0 Å². The summed E-state index contributed by atoms with van der Waals surface area (Å²) in [5.41, 5.74) is 5.71. The molecule has 0 amide bonds. The van der Waals surface area contributed by atoms with Crippen molar-refractivity contribution in [2.75, 3.05) is 38.1 Å². The predicted molar refractivity (Wildman–Crippen MR) is 139 cm³/mol. The summed E-state index contributed by atoms with van der Waals surface area (Å²) in [4.78, 5) is 24.8. The van der Waals surface area contributed by atoms with E-state index in [-0.39, 0.29) is 11.7 Å². The molecule has 2 aliphatic heterocycles. The Hall–Kier alpha value is -3.39. The lowest BCUT2D eigenvalue weighted by molar-refractivity contribution is 0.203. The summed E-state index contributed by atoms with van der Waals surface area (Å²) in [6, 6.07) is 8.14. The van der Waals surface area contributed by atoms with E-state index in [0.717, 1.165) is 51.7 Å². The van der Waals surface area contributed by atoms with Crippen molar-refractivity contribution >= 4 is 27.6 Å². The standard InChI is InChI=1S/C27H32N6O2/c1-18-15-30-25-20(8-9-21-24(25)26-22(17-28-21)31(2)27(34)33(18)26)19-7-10-23(29-16-19)35-14-6-13-32-11-4-3-5-12-32/h7-10,16-18,30H,3-6,11-15H2,1-2H3/t18-/m1/s1. The molecule has 0 spiro atoms. The van der Waals surface area contributed by atoms with Crippen molar-refractivity contribution in [2.45, 2.75) is 38.6 Å². The Morgan fingerprint density at radius 2 is 1.94 bits per heavy atom. The molecule has 1 saturated heterocycles. The van der Waals surface area contributed by atoms with Crippen LogP contribution in [0.1, 0.15) is 38.6 Å². The van der Waals surface area contributed by atoms with Gasteiger partial charge in [-0.05, 0) is 51.4 Å². The summed E-state index contributed by atoms with van der Waals surface area (Å²) in [5, 5.41) is 4.59. The number of ether oxygens (including phenoxy) is 1. The molecule has 3 aromatic heterocycles. The first kappa shape index (κ1) is 22.1. The maximum absolute atomic E-state index is 13.0.